The first kappa shape index (κ1) is 31.5. The van der Waals surface area contributed by atoms with Crippen molar-refractivity contribution >= 4 is 17.7 Å². The van der Waals surface area contributed by atoms with E-state index < -0.39 is 17.3 Å². The fourth-order valence-electron chi connectivity index (χ4n) is 5.69. The number of methoxy groups -OCH3 is 1. The van der Waals surface area contributed by atoms with Crippen LogP contribution in [0.4, 0.5) is 10.5 Å². The van der Waals surface area contributed by atoms with Gasteiger partial charge in [-0.2, -0.15) is 0 Å². The van der Waals surface area contributed by atoms with Gasteiger partial charge in [-0.3, -0.25) is 4.79 Å². The van der Waals surface area contributed by atoms with Gasteiger partial charge in [0.1, 0.15) is 5.60 Å². The number of carbonyl (C=O) groups is 2. The van der Waals surface area contributed by atoms with Gasteiger partial charge in [0.2, 0.25) is 5.91 Å². The summed E-state index contributed by atoms with van der Waals surface area (Å²) in [4.78, 5) is 29.9. The van der Waals surface area contributed by atoms with Gasteiger partial charge in [-0.05, 0) is 77.5 Å². The van der Waals surface area contributed by atoms with Crippen LogP contribution < -0.4 is 19.7 Å². The van der Waals surface area contributed by atoms with Crippen LogP contribution in [0.25, 0.3) is 0 Å². The number of aliphatic hydroxyl groups is 1. The molecule has 1 saturated heterocycles. The van der Waals surface area contributed by atoms with E-state index in [9.17, 15) is 14.7 Å². The smallest absolute Gasteiger partial charge is 0.407 e. The Kier molecular flexibility index (Phi) is 10.2. The minimum atomic E-state index is -1.43. The van der Waals surface area contributed by atoms with Crippen molar-refractivity contribution in [2.45, 2.75) is 89.6 Å². The topological polar surface area (TPSA) is 101 Å². The molecule has 2 aromatic carbocycles. The quantitative estimate of drug-likeness (QED) is 0.410. The number of rotatable bonds is 10. The third kappa shape index (κ3) is 9.02. The summed E-state index contributed by atoms with van der Waals surface area (Å²) in [6.45, 7) is 8.58. The monoisotopic (exact) mass is 581 g/mol. The molecule has 2 atom stereocenters. The number of nitrogens with one attached hydrogen (secondary N) is 1. The molecule has 230 valence electrons. The molecule has 1 aliphatic carbocycles. The highest BCUT2D eigenvalue weighted by Crippen LogP contribution is 2.36. The second kappa shape index (κ2) is 13.7. The molecule has 2 aliphatic rings. The number of nitrogens with zero attached hydrogens (tertiary/aromatic N) is 2. The predicted octanol–water partition coefficient (Wildman–Crippen LogP) is 4.94. The lowest BCUT2D eigenvalue weighted by atomic mass is 9.97. The molecule has 0 bridgehead atoms. The first-order valence-corrected chi connectivity index (χ1v) is 15.0. The first-order valence-electron chi connectivity index (χ1n) is 15.0. The number of hydrogen-bond donors (Lipinski definition) is 2. The van der Waals surface area contributed by atoms with Crippen LogP contribution in [0.5, 0.6) is 11.5 Å². The van der Waals surface area contributed by atoms with Gasteiger partial charge in [-0.25, -0.2) is 4.79 Å². The maximum absolute atomic E-state index is 13.6. The molecule has 1 saturated carbocycles. The molecule has 42 heavy (non-hydrogen) atoms. The lowest BCUT2D eigenvalue weighted by Gasteiger charge is -2.43. The van der Waals surface area contributed by atoms with E-state index in [1.807, 2.05) is 35.2 Å². The van der Waals surface area contributed by atoms with Crippen molar-refractivity contribution in [3.05, 3.63) is 54.1 Å². The van der Waals surface area contributed by atoms with Gasteiger partial charge in [-0.15, -0.1) is 0 Å². The zero-order valence-electron chi connectivity index (χ0n) is 25.7. The van der Waals surface area contributed by atoms with E-state index in [-0.39, 0.29) is 31.0 Å². The molecule has 1 unspecified atom stereocenters. The SMILES string of the molecule is COc1ccc(N2CCN(C(=O)CC(C)(O)CNC(=O)OC(C)(C)C)[C@@H](Cc3ccccc3)C2)cc1OC1CCCC1. The van der Waals surface area contributed by atoms with Crippen molar-refractivity contribution in [2.75, 3.05) is 38.2 Å². The molecule has 2 aromatic rings. The summed E-state index contributed by atoms with van der Waals surface area (Å²) in [6, 6.07) is 16.1. The minimum Gasteiger partial charge on any atom is -0.493 e. The van der Waals surface area contributed by atoms with Crippen LogP contribution in [0.15, 0.2) is 48.5 Å². The number of carbonyl (C=O) groups excluding carboxylic acids is 2. The summed E-state index contributed by atoms with van der Waals surface area (Å²) in [5.41, 5.74) is 0.0943. The van der Waals surface area contributed by atoms with E-state index in [0.29, 0.717) is 26.1 Å². The standard InChI is InChI=1S/C33H47N3O6/c1-32(2,3)42-31(38)34-23-33(4,39)21-30(37)36-18-17-35(22-26(36)19-24-11-7-6-8-12-24)25-15-16-28(40-5)29(20-25)41-27-13-9-10-14-27/h6-8,11-12,15-16,20,26-27,39H,9-10,13-14,17-19,21-23H2,1-5H3,(H,34,38)/t26-,33?/m0/s1. The lowest BCUT2D eigenvalue weighted by molar-refractivity contribution is -0.138. The molecule has 2 amide bonds. The van der Waals surface area contributed by atoms with Gasteiger partial charge >= 0.3 is 6.09 Å². The van der Waals surface area contributed by atoms with E-state index in [4.69, 9.17) is 14.2 Å². The molecular weight excluding hydrogens is 534 g/mol. The maximum Gasteiger partial charge on any atom is 0.407 e. The number of piperazine rings is 1. The second-order valence-corrected chi connectivity index (χ2v) is 12.8. The largest absolute Gasteiger partial charge is 0.493 e. The number of benzene rings is 2. The molecule has 4 rings (SSSR count). The first-order chi connectivity index (χ1) is 19.9. The predicted molar refractivity (Wildman–Crippen MR) is 163 cm³/mol. The average Bonchev–Trinajstić information content (AvgIpc) is 3.44. The Bertz CT molecular complexity index is 1190. The van der Waals surface area contributed by atoms with Gasteiger partial charge < -0.3 is 34.4 Å². The van der Waals surface area contributed by atoms with E-state index in [0.717, 1.165) is 35.6 Å². The number of ether oxygens (including phenoxy) is 3. The summed E-state index contributed by atoms with van der Waals surface area (Å²) in [7, 11) is 1.66. The number of amides is 2. The van der Waals surface area contributed by atoms with Gasteiger partial charge in [0.15, 0.2) is 11.5 Å². The van der Waals surface area contributed by atoms with Crippen LogP contribution in [0, 0.1) is 0 Å². The Hall–Kier alpha value is -3.46. The van der Waals surface area contributed by atoms with Crippen LogP contribution in [0.3, 0.4) is 0 Å². The van der Waals surface area contributed by atoms with Crippen molar-refractivity contribution in [2.24, 2.45) is 0 Å². The van der Waals surface area contributed by atoms with Gasteiger partial charge in [0.25, 0.3) is 0 Å². The maximum atomic E-state index is 13.6. The van der Waals surface area contributed by atoms with Crippen LogP contribution in [0.1, 0.15) is 65.4 Å². The molecule has 2 fully saturated rings. The molecular formula is C33H47N3O6. The fraction of sp³-hybridized carbons (Fsp3) is 0.576. The third-order valence-corrected chi connectivity index (χ3v) is 7.77. The highest BCUT2D eigenvalue weighted by molar-refractivity contribution is 5.78. The van der Waals surface area contributed by atoms with Crippen molar-refractivity contribution in [1.29, 1.82) is 0 Å². The molecule has 0 aromatic heterocycles. The summed E-state index contributed by atoms with van der Waals surface area (Å²) in [6.07, 6.45) is 4.66. The minimum absolute atomic E-state index is 0.0907. The van der Waals surface area contributed by atoms with Crippen LogP contribution in [-0.4, -0.2) is 78.6 Å². The summed E-state index contributed by atoms with van der Waals surface area (Å²) >= 11 is 0. The van der Waals surface area contributed by atoms with Crippen LogP contribution in [-0.2, 0) is 16.0 Å². The number of anilines is 1. The van der Waals surface area contributed by atoms with Gasteiger partial charge in [0.05, 0.1) is 31.3 Å². The Morgan fingerprint density at radius 1 is 1.00 bits per heavy atom. The highest BCUT2D eigenvalue weighted by Gasteiger charge is 2.35. The summed E-state index contributed by atoms with van der Waals surface area (Å²) < 4.78 is 17.2. The fourth-order valence-corrected chi connectivity index (χ4v) is 5.69. The Morgan fingerprint density at radius 2 is 1.71 bits per heavy atom. The van der Waals surface area contributed by atoms with E-state index >= 15 is 0 Å². The van der Waals surface area contributed by atoms with Crippen LogP contribution in [0.2, 0.25) is 0 Å². The lowest BCUT2D eigenvalue weighted by Crippen LogP contribution is -2.57. The Balaban J connectivity index is 1.47. The highest BCUT2D eigenvalue weighted by atomic mass is 16.6. The van der Waals surface area contributed by atoms with E-state index in [1.165, 1.54) is 12.8 Å². The zero-order chi connectivity index (χ0) is 30.3. The molecule has 1 aliphatic heterocycles. The summed E-state index contributed by atoms with van der Waals surface area (Å²) in [5.74, 6) is 1.34. The number of hydrogen-bond acceptors (Lipinski definition) is 7. The third-order valence-electron chi connectivity index (χ3n) is 7.77. The molecule has 0 radical (unpaired) electrons. The normalized spacial score (nSPS) is 19.2. The number of alkyl carbamates (subject to hydrolysis) is 1. The zero-order valence-corrected chi connectivity index (χ0v) is 25.7. The van der Waals surface area contributed by atoms with Crippen LogP contribution >= 0.6 is 0 Å². The van der Waals surface area contributed by atoms with Gasteiger partial charge in [-0.1, -0.05) is 30.3 Å². The second-order valence-electron chi connectivity index (χ2n) is 12.8. The molecule has 9 nitrogen and oxygen atoms in total. The van der Waals surface area contributed by atoms with Crippen molar-refractivity contribution in [1.82, 2.24) is 10.2 Å². The molecule has 2 N–H and O–H groups in total. The van der Waals surface area contributed by atoms with E-state index in [2.05, 4.69) is 28.4 Å². The molecule has 9 heteroatoms. The van der Waals surface area contributed by atoms with Crippen molar-refractivity contribution < 1.29 is 28.9 Å². The van der Waals surface area contributed by atoms with Crippen molar-refractivity contribution in [3.63, 3.8) is 0 Å². The van der Waals surface area contributed by atoms with Gasteiger partial charge in [0, 0.05) is 37.9 Å². The van der Waals surface area contributed by atoms with Crippen molar-refractivity contribution in [3.8, 4) is 11.5 Å². The molecule has 1 heterocycles. The Morgan fingerprint density at radius 3 is 2.38 bits per heavy atom. The summed E-state index contributed by atoms with van der Waals surface area (Å²) in [5, 5.41) is 13.6. The van der Waals surface area contributed by atoms with E-state index in [1.54, 1.807) is 34.8 Å². The molecule has 0 spiro atoms. The average molecular weight is 582 g/mol. The Labute approximate surface area is 250 Å².